The van der Waals surface area contributed by atoms with Gasteiger partial charge in [0.2, 0.25) is 5.88 Å². The van der Waals surface area contributed by atoms with Crippen molar-refractivity contribution in [1.29, 1.82) is 0 Å². The van der Waals surface area contributed by atoms with E-state index in [9.17, 15) is 13.2 Å². The molecule has 0 fully saturated rings. The minimum absolute atomic E-state index is 0.111. The van der Waals surface area contributed by atoms with Gasteiger partial charge in [-0.3, -0.25) is 4.79 Å². The molecule has 10 heteroatoms. The topological polar surface area (TPSA) is 121 Å². The summed E-state index contributed by atoms with van der Waals surface area (Å²) in [4.78, 5) is 15.8. The molecule has 0 saturated heterocycles. The number of nitrogens with zero attached hydrogens (tertiary/aromatic N) is 1. The van der Waals surface area contributed by atoms with Gasteiger partial charge in [-0.15, -0.1) is 0 Å². The zero-order valence-electron chi connectivity index (χ0n) is 14.1. The van der Waals surface area contributed by atoms with E-state index in [1.54, 1.807) is 10.8 Å². The van der Waals surface area contributed by atoms with Crippen LogP contribution in [0.15, 0.2) is 36.5 Å². The fraction of sp³-hybridized carbons (Fsp3) is 0.250. The van der Waals surface area contributed by atoms with Crippen molar-refractivity contribution in [2.75, 3.05) is 6.61 Å². The first kappa shape index (κ1) is 20.0. The van der Waals surface area contributed by atoms with Gasteiger partial charge in [0, 0.05) is 11.6 Å². The fourth-order valence-corrected chi connectivity index (χ4v) is 2.40. The lowest BCUT2D eigenvalue weighted by molar-refractivity contribution is 0.0981. The third-order valence-corrected chi connectivity index (χ3v) is 3.66. The Kier molecular flexibility index (Phi) is 6.41. The molecular formula is C16H18ClN3O5S. The standard InChI is InChI=1S/C16H18ClN3O5S/c1-10(2)9-24-16-14(17)7-13(8-19-16)25-12-5-3-11(4-6-12)15(21)20-26(18,22)23/h3-8,10H,9H2,1-2H3,(H,20,21)(H2,18,22,23). The molecule has 0 bridgehead atoms. The number of aromatic nitrogens is 1. The number of nitrogens with two attached hydrogens (primary N) is 1. The molecule has 0 aliphatic rings. The minimum Gasteiger partial charge on any atom is -0.476 e. The molecule has 26 heavy (non-hydrogen) atoms. The Morgan fingerprint density at radius 2 is 1.92 bits per heavy atom. The highest BCUT2D eigenvalue weighted by atomic mass is 35.5. The maximum atomic E-state index is 11.7. The van der Waals surface area contributed by atoms with Gasteiger partial charge in [0.25, 0.3) is 16.1 Å². The van der Waals surface area contributed by atoms with E-state index in [-0.39, 0.29) is 5.56 Å². The first-order valence-corrected chi connectivity index (χ1v) is 9.47. The van der Waals surface area contributed by atoms with E-state index in [1.165, 1.54) is 30.5 Å². The van der Waals surface area contributed by atoms with Crippen LogP contribution in [0.4, 0.5) is 0 Å². The number of nitrogens with one attached hydrogen (secondary N) is 1. The van der Waals surface area contributed by atoms with Crippen LogP contribution in [0.25, 0.3) is 0 Å². The van der Waals surface area contributed by atoms with Crippen molar-refractivity contribution in [2.24, 2.45) is 11.1 Å². The van der Waals surface area contributed by atoms with Gasteiger partial charge in [0.05, 0.1) is 12.8 Å². The second-order valence-corrected chi connectivity index (χ2v) is 7.47. The van der Waals surface area contributed by atoms with Gasteiger partial charge in [0.1, 0.15) is 16.5 Å². The van der Waals surface area contributed by atoms with E-state index >= 15 is 0 Å². The predicted molar refractivity (Wildman–Crippen MR) is 96.7 cm³/mol. The molecule has 0 aliphatic heterocycles. The zero-order valence-corrected chi connectivity index (χ0v) is 15.7. The number of rotatable bonds is 7. The van der Waals surface area contributed by atoms with Gasteiger partial charge in [-0.25, -0.2) is 14.8 Å². The van der Waals surface area contributed by atoms with Crippen molar-refractivity contribution in [3.8, 4) is 17.4 Å². The highest BCUT2D eigenvalue weighted by Gasteiger charge is 2.12. The van der Waals surface area contributed by atoms with Crippen LogP contribution in [-0.4, -0.2) is 25.9 Å². The molecule has 140 valence electrons. The van der Waals surface area contributed by atoms with Gasteiger partial charge < -0.3 is 9.47 Å². The Morgan fingerprint density at radius 1 is 1.27 bits per heavy atom. The molecule has 2 rings (SSSR count). The number of halogens is 1. The van der Waals surface area contributed by atoms with Gasteiger partial charge in [0.15, 0.2) is 0 Å². The van der Waals surface area contributed by atoms with E-state index in [0.29, 0.717) is 34.9 Å². The lowest BCUT2D eigenvalue weighted by Crippen LogP contribution is -2.35. The second-order valence-electron chi connectivity index (χ2n) is 5.77. The smallest absolute Gasteiger partial charge is 0.298 e. The zero-order chi connectivity index (χ0) is 19.3. The van der Waals surface area contributed by atoms with Crippen molar-refractivity contribution in [2.45, 2.75) is 13.8 Å². The highest BCUT2D eigenvalue weighted by molar-refractivity contribution is 7.87. The van der Waals surface area contributed by atoms with Crippen LogP contribution in [0, 0.1) is 5.92 Å². The lowest BCUT2D eigenvalue weighted by atomic mass is 10.2. The predicted octanol–water partition coefficient (Wildman–Crippen LogP) is 2.50. The summed E-state index contributed by atoms with van der Waals surface area (Å²) in [5, 5.41) is 5.07. The molecular weight excluding hydrogens is 382 g/mol. The van der Waals surface area contributed by atoms with E-state index in [1.807, 2.05) is 13.8 Å². The number of ether oxygens (including phenoxy) is 2. The SMILES string of the molecule is CC(C)COc1ncc(Oc2ccc(C(=O)NS(N)(=O)=O)cc2)cc1Cl. The molecule has 0 spiro atoms. The summed E-state index contributed by atoms with van der Waals surface area (Å²) in [5.41, 5.74) is 0.111. The Balaban J connectivity index is 2.05. The number of hydrogen-bond acceptors (Lipinski definition) is 6. The summed E-state index contributed by atoms with van der Waals surface area (Å²) in [6.07, 6.45) is 1.46. The molecule has 1 aromatic carbocycles. The van der Waals surface area contributed by atoms with Crippen molar-refractivity contribution in [3.63, 3.8) is 0 Å². The second kappa shape index (κ2) is 8.35. The van der Waals surface area contributed by atoms with Crippen LogP contribution in [0.1, 0.15) is 24.2 Å². The van der Waals surface area contributed by atoms with Crippen LogP contribution in [-0.2, 0) is 10.2 Å². The van der Waals surface area contributed by atoms with E-state index in [2.05, 4.69) is 4.98 Å². The number of amides is 1. The molecule has 1 amide bonds. The molecule has 8 nitrogen and oxygen atoms in total. The average molecular weight is 400 g/mol. The molecule has 0 saturated carbocycles. The van der Waals surface area contributed by atoms with E-state index < -0.39 is 16.1 Å². The van der Waals surface area contributed by atoms with E-state index in [0.717, 1.165) is 0 Å². The summed E-state index contributed by atoms with van der Waals surface area (Å²) < 4.78 is 34.5. The first-order chi connectivity index (χ1) is 12.1. The average Bonchev–Trinajstić information content (AvgIpc) is 2.53. The highest BCUT2D eigenvalue weighted by Crippen LogP contribution is 2.29. The molecule has 3 N–H and O–H groups in total. The van der Waals surface area contributed by atoms with Crippen molar-refractivity contribution in [1.82, 2.24) is 9.71 Å². The van der Waals surface area contributed by atoms with Crippen LogP contribution < -0.4 is 19.3 Å². The van der Waals surface area contributed by atoms with Crippen molar-refractivity contribution in [3.05, 3.63) is 47.1 Å². The van der Waals surface area contributed by atoms with Crippen LogP contribution in [0.2, 0.25) is 5.02 Å². The third kappa shape index (κ3) is 6.17. The molecule has 2 aromatic rings. The quantitative estimate of drug-likeness (QED) is 0.737. The first-order valence-electron chi connectivity index (χ1n) is 7.55. The lowest BCUT2D eigenvalue weighted by Gasteiger charge is -2.11. The summed E-state index contributed by atoms with van der Waals surface area (Å²) in [6.45, 7) is 4.52. The van der Waals surface area contributed by atoms with E-state index in [4.69, 9.17) is 26.2 Å². The molecule has 0 unspecified atom stereocenters. The number of hydrogen-bond donors (Lipinski definition) is 2. The Morgan fingerprint density at radius 3 is 2.46 bits per heavy atom. The van der Waals surface area contributed by atoms with Crippen molar-refractivity contribution >= 4 is 27.7 Å². The Bertz CT molecular complexity index is 885. The Labute approximate surface area is 156 Å². The maximum absolute atomic E-state index is 11.7. The van der Waals surface area contributed by atoms with Gasteiger partial charge in [-0.05, 0) is 30.2 Å². The molecule has 0 aliphatic carbocycles. The van der Waals surface area contributed by atoms with Crippen molar-refractivity contribution < 1.29 is 22.7 Å². The van der Waals surface area contributed by atoms with Gasteiger partial charge >= 0.3 is 0 Å². The van der Waals surface area contributed by atoms with Crippen LogP contribution in [0.5, 0.6) is 17.4 Å². The van der Waals surface area contributed by atoms with Gasteiger partial charge in [-0.1, -0.05) is 25.4 Å². The van der Waals surface area contributed by atoms with Gasteiger partial charge in [-0.2, -0.15) is 8.42 Å². The van der Waals surface area contributed by atoms with Crippen LogP contribution >= 0.6 is 11.6 Å². The normalized spacial score (nSPS) is 11.3. The monoisotopic (exact) mass is 399 g/mol. The number of benzene rings is 1. The molecule has 0 radical (unpaired) electrons. The number of carbonyl (C=O) groups is 1. The largest absolute Gasteiger partial charge is 0.476 e. The summed E-state index contributed by atoms with van der Waals surface area (Å²) in [7, 11) is -4.11. The molecule has 1 aromatic heterocycles. The number of pyridine rings is 1. The van der Waals surface area contributed by atoms with Crippen LogP contribution in [0.3, 0.4) is 0 Å². The molecule has 1 heterocycles. The summed E-state index contributed by atoms with van der Waals surface area (Å²) in [6, 6.07) is 7.34. The summed E-state index contributed by atoms with van der Waals surface area (Å²) in [5.74, 6) is 0.617. The third-order valence-electron chi connectivity index (χ3n) is 2.92. The molecule has 0 atom stereocenters. The fourth-order valence-electron chi connectivity index (χ4n) is 1.81. The minimum atomic E-state index is -4.11. The summed E-state index contributed by atoms with van der Waals surface area (Å²) >= 11 is 6.12. The number of carbonyl (C=O) groups excluding carboxylic acids is 1. The maximum Gasteiger partial charge on any atom is 0.298 e. The Hall–Kier alpha value is -2.36.